The lowest BCUT2D eigenvalue weighted by Crippen LogP contribution is -2.50. The summed E-state index contributed by atoms with van der Waals surface area (Å²) in [7, 11) is 0. The van der Waals surface area contributed by atoms with E-state index in [0.29, 0.717) is 6.04 Å². The maximum Gasteiger partial charge on any atom is 0.135 e. The van der Waals surface area contributed by atoms with E-state index in [4.69, 9.17) is 0 Å². The second-order valence-corrected chi connectivity index (χ2v) is 8.61. The average molecular weight is 390 g/mol. The number of rotatable bonds is 6. The van der Waals surface area contributed by atoms with Gasteiger partial charge in [-0.3, -0.25) is 9.80 Å². The third kappa shape index (κ3) is 6.15. The van der Waals surface area contributed by atoms with Crippen LogP contribution in [0, 0.1) is 5.92 Å². The highest BCUT2D eigenvalue weighted by Crippen LogP contribution is 2.27. The molecule has 0 aliphatic carbocycles. The molecule has 0 radical (unpaired) electrons. The van der Waals surface area contributed by atoms with Crippen molar-refractivity contribution < 1.29 is 0 Å². The van der Waals surface area contributed by atoms with E-state index in [1.807, 2.05) is 0 Å². The molecule has 28 heavy (non-hydrogen) atoms. The molecule has 0 saturated carbocycles. The van der Waals surface area contributed by atoms with E-state index in [1.165, 1.54) is 42.9 Å². The second-order valence-electron chi connectivity index (χ2n) is 8.61. The molecule has 1 fully saturated rings. The van der Waals surface area contributed by atoms with Crippen LogP contribution in [0.1, 0.15) is 72.1 Å². The molecule has 1 saturated heterocycles. The van der Waals surface area contributed by atoms with Crippen LogP contribution in [0.4, 0.5) is 5.82 Å². The maximum atomic E-state index is 4.69. The molecular weight excluding hydrogens is 346 g/mol. The topological polar surface area (TPSA) is 35.5 Å². The van der Waals surface area contributed by atoms with Gasteiger partial charge in [0.15, 0.2) is 0 Å². The molecule has 0 aromatic carbocycles. The Kier molecular flexibility index (Phi) is 9.66. The van der Waals surface area contributed by atoms with Gasteiger partial charge in [0.1, 0.15) is 12.1 Å². The van der Waals surface area contributed by atoms with Gasteiger partial charge in [0.25, 0.3) is 0 Å². The Morgan fingerprint density at radius 2 is 1.61 bits per heavy atom. The van der Waals surface area contributed by atoms with Crippen LogP contribution in [0.3, 0.4) is 0 Å². The minimum atomic E-state index is 0.690. The summed E-state index contributed by atoms with van der Waals surface area (Å²) < 4.78 is 0. The zero-order valence-electron chi connectivity index (χ0n) is 19.2. The van der Waals surface area contributed by atoms with Crippen molar-refractivity contribution in [2.45, 2.75) is 79.8 Å². The molecule has 3 heterocycles. The molecule has 2 atom stereocenters. The van der Waals surface area contributed by atoms with Crippen LogP contribution >= 0.6 is 0 Å². The summed E-state index contributed by atoms with van der Waals surface area (Å²) in [6.07, 6.45) is 6.60. The number of nitrogens with zero attached hydrogens (tertiary/aromatic N) is 5. The fourth-order valence-corrected chi connectivity index (χ4v) is 4.02. The smallest absolute Gasteiger partial charge is 0.135 e. The number of anilines is 1. The van der Waals surface area contributed by atoms with Crippen LogP contribution in [-0.4, -0.2) is 65.1 Å². The van der Waals surface area contributed by atoms with Gasteiger partial charge in [-0.05, 0) is 25.7 Å². The third-order valence-corrected chi connectivity index (χ3v) is 6.16. The van der Waals surface area contributed by atoms with E-state index in [-0.39, 0.29) is 0 Å². The SMILES string of the molecule is CCC.CCC(C)CN1CCc2c(ncnc2N2CCN(C(C)CC)CC2)C1. The summed E-state index contributed by atoms with van der Waals surface area (Å²) in [6, 6.07) is 0.690. The molecular formula is C23H43N5. The van der Waals surface area contributed by atoms with Crippen molar-refractivity contribution in [3.8, 4) is 0 Å². The summed E-state index contributed by atoms with van der Waals surface area (Å²) in [6.45, 7) is 21.3. The molecule has 0 amide bonds. The van der Waals surface area contributed by atoms with Gasteiger partial charge in [-0.15, -0.1) is 0 Å². The fourth-order valence-electron chi connectivity index (χ4n) is 4.02. The molecule has 160 valence electrons. The first-order valence-corrected chi connectivity index (χ1v) is 11.6. The quantitative estimate of drug-likeness (QED) is 0.728. The zero-order chi connectivity index (χ0) is 20.5. The van der Waals surface area contributed by atoms with Gasteiger partial charge in [-0.1, -0.05) is 47.5 Å². The van der Waals surface area contributed by atoms with Crippen LogP contribution in [0.15, 0.2) is 6.33 Å². The second kappa shape index (κ2) is 11.7. The molecule has 1 aromatic heterocycles. The zero-order valence-corrected chi connectivity index (χ0v) is 19.2. The number of aromatic nitrogens is 2. The van der Waals surface area contributed by atoms with E-state index in [0.717, 1.165) is 51.6 Å². The van der Waals surface area contributed by atoms with Gasteiger partial charge in [0.2, 0.25) is 0 Å². The predicted molar refractivity (Wildman–Crippen MR) is 120 cm³/mol. The van der Waals surface area contributed by atoms with E-state index in [2.05, 4.69) is 66.2 Å². The number of piperazine rings is 1. The van der Waals surface area contributed by atoms with Crippen molar-refractivity contribution >= 4 is 5.82 Å². The molecule has 2 aliphatic heterocycles. The van der Waals surface area contributed by atoms with E-state index in [1.54, 1.807) is 6.33 Å². The lowest BCUT2D eigenvalue weighted by molar-refractivity contribution is 0.191. The molecule has 2 unspecified atom stereocenters. The van der Waals surface area contributed by atoms with Gasteiger partial charge < -0.3 is 4.90 Å². The molecule has 0 spiro atoms. The summed E-state index contributed by atoms with van der Waals surface area (Å²) >= 11 is 0. The van der Waals surface area contributed by atoms with Crippen molar-refractivity contribution in [1.82, 2.24) is 19.8 Å². The summed E-state index contributed by atoms with van der Waals surface area (Å²) in [5.74, 6) is 1.97. The van der Waals surface area contributed by atoms with E-state index in [9.17, 15) is 0 Å². The van der Waals surface area contributed by atoms with Crippen molar-refractivity contribution in [2.24, 2.45) is 5.92 Å². The first-order chi connectivity index (χ1) is 13.5. The van der Waals surface area contributed by atoms with Gasteiger partial charge in [0.05, 0.1) is 5.69 Å². The standard InChI is InChI=1S/C20H35N5.C3H8/c1-5-16(3)13-23-8-7-18-19(14-23)21-15-22-20(18)25-11-9-24(10-12-25)17(4)6-2;1-3-2/h15-17H,5-14H2,1-4H3;3H2,1-2H3. The van der Waals surface area contributed by atoms with E-state index >= 15 is 0 Å². The largest absolute Gasteiger partial charge is 0.354 e. The molecule has 3 rings (SSSR count). The van der Waals surface area contributed by atoms with Gasteiger partial charge >= 0.3 is 0 Å². The Bertz CT molecular complexity index is 568. The minimum absolute atomic E-state index is 0.690. The maximum absolute atomic E-state index is 4.69. The van der Waals surface area contributed by atoms with Crippen molar-refractivity contribution in [1.29, 1.82) is 0 Å². The highest BCUT2D eigenvalue weighted by Gasteiger charge is 2.27. The molecule has 2 aliphatic rings. The Labute approximate surface area is 173 Å². The summed E-state index contributed by atoms with van der Waals surface area (Å²) in [5, 5.41) is 0. The number of fused-ring (bicyclic) bond motifs is 1. The monoisotopic (exact) mass is 389 g/mol. The first kappa shape index (κ1) is 23.1. The number of hydrogen-bond acceptors (Lipinski definition) is 5. The Morgan fingerprint density at radius 3 is 2.21 bits per heavy atom. The summed E-state index contributed by atoms with van der Waals surface area (Å²) in [5.41, 5.74) is 2.66. The molecule has 5 nitrogen and oxygen atoms in total. The predicted octanol–water partition coefficient (Wildman–Crippen LogP) is 4.22. The van der Waals surface area contributed by atoms with Crippen molar-refractivity contribution in [2.75, 3.05) is 44.2 Å². The average Bonchev–Trinajstić information content (AvgIpc) is 2.73. The first-order valence-electron chi connectivity index (χ1n) is 11.6. The molecule has 1 aromatic rings. The van der Waals surface area contributed by atoms with Crippen LogP contribution in [0.25, 0.3) is 0 Å². The van der Waals surface area contributed by atoms with Gasteiger partial charge in [-0.25, -0.2) is 9.97 Å². The number of hydrogen-bond donors (Lipinski definition) is 0. The lowest BCUT2D eigenvalue weighted by Gasteiger charge is -2.40. The highest BCUT2D eigenvalue weighted by atomic mass is 15.3. The highest BCUT2D eigenvalue weighted by molar-refractivity contribution is 5.50. The van der Waals surface area contributed by atoms with Crippen LogP contribution in [0.2, 0.25) is 0 Å². The molecule has 5 heteroatoms. The normalized spacial score (nSPS) is 20.1. The van der Waals surface area contributed by atoms with Crippen LogP contribution in [0.5, 0.6) is 0 Å². The third-order valence-electron chi connectivity index (χ3n) is 6.16. The molecule has 0 bridgehead atoms. The van der Waals surface area contributed by atoms with Gasteiger partial charge in [-0.2, -0.15) is 0 Å². The Hall–Kier alpha value is -1.20. The van der Waals surface area contributed by atoms with Crippen LogP contribution < -0.4 is 4.90 Å². The Balaban J connectivity index is 0.000000878. The minimum Gasteiger partial charge on any atom is -0.354 e. The Morgan fingerprint density at radius 1 is 0.929 bits per heavy atom. The summed E-state index contributed by atoms with van der Waals surface area (Å²) in [4.78, 5) is 17.0. The molecule has 0 N–H and O–H groups in total. The van der Waals surface area contributed by atoms with E-state index < -0.39 is 0 Å². The van der Waals surface area contributed by atoms with Crippen molar-refractivity contribution in [3.05, 3.63) is 17.6 Å². The fraction of sp³-hybridized carbons (Fsp3) is 0.826. The van der Waals surface area contributed by atoms with Gasteiger partial charge in [0, 0.05) is 57.4 Å². The van der Waals surface area contributed by atoms with Crippen molar-refractivity contribution in [3.63, 3.8) is 0 Å². The lowest BCUT2D eigenvalue weighted by atomic mass is 10.0. The van der Waals surface area contributed by atoms with Crippen LogP contribution in [-0.2, 0) is 13.0 Å².